The first-order valence-electron chi connectivity index (χ1n) is 42.2. The maximum atomic E-state index is 2.79. The highest BCUT2D eigenvalue weighted by Gasteiger charge is 2.44. The molecule has 0 unspecified atom stereocenters. The van der Waals surface area contributed by atoms with Crippen LogP contribution in [0.1, 0.15) is 16.7 Å². The zero-order valence-electron chi connectivity index (χ0n) is 66.2. The first-order valence-corrected chi connectivity index (χ1v) is 42.2. The molecule has 5 heteroatoms. The molecule has 0 fully saturated rings. The lowest BCUT2D eigenvalue weighted by Crippen LogP contribution is -2.62. The Hall–Kier alpha value is -15.0. The second-order valence-electron chi connectivity index (χ2n) is 32.7. The van der Waals surface area contributed by atoms with Gasteiger partial charge in [-0.05, 0) is 246 Å². The van der Waals surface area contributed by atoms with Gasteiger partial charge in [0.15, 0.2) is 0 Å². The lowest BCUT2D eigenvalue weighted by Gasteiger charge is -2.45. The van der Waals surface area contributed by atoms with Crippen molar-refractivity contribution in [1.29, 1.82) is 0 Å². The fraction of sp³-hybridized carbons (Fsp3) is 0.0435. The quantitative estimate of drug-likeness (QED) is 0.0545. The standard InChI is InChI=1S/C115H79BN4/c1-7-30-76(31-8-1)84-68-99(78-34-11-3-12-35-78)88(100(69-84)79-36-13-4-14-37-79)62-64-117-109-72-83(87-58-59-98-96-49-28-43-82-42-27-48-95(113(82)96)97-51-29-50-94(87)114(97)98)56-60-103(109)116-104-61-57-86(120-107-54-25-21-46-92(107)93-47-22-26-55-108(93)120)73-110(104)118(112-67-75(66-111(117)115(112)116)74-119-105-52-23-19-44-90(105)91-45-20-24-53-106(91)119)65-63-89-101(80-38-15-5-16-39-80)70-85(77-32-9-2-10-33-77)71-102(89)81-40-17-6-18-41-81/h1-61,66-73H,62-65,74H2. The number of benzene rings is 20. The Kier molecular flexibility index (Phi) is 16.4. The van der Waals surface area contributed by atoms with Gasteiger partial charge in [-0.25, -0.2) is 0 Å². The molecule has 0 saturated heterocycles. The van der Waals surface area contributed by atoms with Crippen molar-refractivity contribution in [3.05, 3.63) is 435 Å². The average Bonchev–Trinajstić information content (AvgIpc) is 0.722. The molecule has 0 N–H and O–H groups in total. The first kappa shape index (κ1) is 69.3. The van der Waals surface area contributed by atoms with Crippen LogP contribution in [0.3, 0.4) is 0 Å². The number of aromatic nitrogens is 2. The van der Waals surface area contributed by atoms with Crippen molar-refractivity contribution >= 4 is 133 Å². The summed E-state index contributed by atoms with van der Waals surface area (Å²) in [5.74, 6) is 0. The Balaban J connectivity index is 0.784. The van der Waals surface area contributed by atoms with Gasteiger partial charge in [-0.15, -0.1) is 0 Å². The molecule has 4 heterocycles. The van der Waals surface area contributed by atoms with Crippen LogP contribution in [0.2, 0.25) is 0 Å². The second-order valence-corrected chi connectivity index (χ2v) is 32.7. The fourth-order valence-corrected chi connectivity index (χ4v) is 21.0. The van der Waals surface area contributed by atoms with Crippen LogP contribution in [0, 0.1) is 0 Å². The Morgan fingerprint density at radius 3 is 1.06 bits per heavy atom. The molecule has 0 bridgehead atoms. The van der Waals surface area contributed by atoms with Gasteiger partial charge in [-0.2, -0.15) is 0 Å². The van der Waals surface area contributed by atoms with E-state index in [4.69, 9.17) is 0 Å². The number of anilines is 4. The number of rotatable bonds is 16. The Bertz CT molecular complexity index is 7530. The monoisotopic (exact) mass is 1530 g/mol. The molecule has 2 aliphatic rings. The molecule has 20 aromatic carbocycles. The van der Waals surface area contributed by atoms with E-state index in [1.54, 1.807) is 0 Å². The molecule has 0 atom stereocenters. The summed E-state index contributed by atoms with van der Waals surface area (Å²) in [4.78, 5) is 5.57. The molecule has 0 spiro atoms. The molecule has 0 aliphatic carbocycles. The summed E-state index contributed by atoms with van der Waals surface area (Å²) in [7, 11) is 0. The van der Waals surface area contributed by atoms with Gasteiger partial charge in [0.1, 0.15) is 0 Å². The van der Waals surface area contributed by atoms with Crippen LogP contribution in [0.25, 0.3) is 170 Å². The highest BCUT2D eigenvalue weighted by molar-refractivity contribution is 7.00. The molecule has 0 radical (unpaired) electrons. The predicted molar refractivity (Wildman–Crippen MR) is 510 cm³/mol. The lowest BCUT2D eigenvalue weighted by molar-refractivity contribution is 0.860. The minimum Gasteiger partial charge on any atom is -0.342 e. The lowest BCUT2D eigenvalue weighted by atomic mass is 9.33. The summed E-state index contributed by atoms with van der Waals surface area (Å²) in [5.41, 5.74) is 35.5. The van der Waals surface area contributed by atoms with E-state index in [1.165, 1.54) is 220 Å². The molecule has 120 heavy (non-hydrogen) atoms. The molecule has 24 rings (SSSR count). The second kappa shape index (κ2) is 28.4. The van der Waals surface area contributed by atoms with Crippen molar-refractivity contribution < 1.29 is 0 Å². The van der Waals surface area contributed by atoms with Crippen LogP contribution in [0.4, 0.5) is 22.7 Å². The van der Waals surface area contributed by atoms with E-state index in [2.05, 4.69) is 438 Å². The topological polar surface area (TPSA) is 16.3 Å². The highest BCUT2D eigenvalue weighted by Crippen LogP contribution is 2.49. The van der Waals surface area contributed by atoms with Crippen molar-refractivity contribution in [2.75, 3.05) is 22.9 Å². The highest BCUT2D eigenvalue weighted by atomic mass is 15.2. The number of nitrogens with zero attached hydrogens (tertiary/aromatic N) is 4. The number of para-hydroxylation sites is 4. The molecular weight excluding hydrogens is 1450 g/mol. The first-order chi connectivity index (χ1) is 59.5. The van der Waals surface area contributed by atoms with E-state index < -0.39 is 0 Å². The van der Waals surface area contributed by atoms with Crippen LogP contribution in [-0.4, -0.2) is 28.9 Å². The van der Waals surface area contributed by atoms with Crippen molar-refractivity contribution in [2.45, 2.75) is 19.4 Å². The van der Waals surface area contributed by atoms with E-state index in [0.29, 0.717) is 19.6 Å². The van der Waals surface area contributed by atoms with Gasteiger partial charge in [-0.3, -0.25) is 0 Å². The normalized spacial score (nSPS) is 12.4. The minimum atomic E-state index is -0.181. The van der Waals surface area contributed by atoms with Crippen LogP contribution in [0.15, 0.2) is 419 Å². The van der Waals surface area contributed by atoms with E-state index in [0.717, 1.165) is 18.5 Å². The van der Waals surface area contributed by atoms with Gasteiger partial charge < -0.3 is 18.9 Å². The van der Waals surface area contributed by atoms with Gasteiger partial charge in [0.2, 0.25) is 0 Å². The Morgan fingerprint density at radius 1 is 0.225 bits per heavy atom. The van der Waals surface area contributed by atoms with Gasteiger partial charge in [-0.1, -0.05) is 340 Å². The van der Waals surface area contributed by atoms with E-state index >= 15 is 0 Å². The average molecular weight is 1530 g/mol. The summed E-state index contributed by atoms with van der Waals surface area (Å²) in [6.07, 6.45) is 1.45. The van der Waals surface area contributed by atoms with E-state index in [9.17, 15) is 0 Å². The summed E-state index contributed by atoms with van der Waals surface area (Å²) in [5, 5.41) is 15.3. The molecule has 2 aliphatic heterocycles. The number of fused-ring (bicyclic) bond motifs is 12. The van der Waals surface area contributed by atoms with Gasteiger partial charge in [0.05, 0.1) is 11.0 Å². The van der Waals surface area contributed by atoms with Crippen LogP contribution >= 0.6 is 0 Å². The third kappa shape index (κ3) is 11.3. The number of hydrogen-bond donors (Lipinski definition) is 0. The third-order valence-corrected chi connectivity index (χ3v) is 26.2. The summed E-state index contributed by atoms with van der Waals surface area (Å²) in [6.45, 7) is 1.78. The maximum Gasteiger partial charge on any atom is 0.252 e. The van der Waals surface area contributed by atoms with Crippen LogP contribution < -0.4 is 26.2 Å². The predicted octanol–water partition coefficient (Wildman–Crippen LogP) is 27.6. The van der Waals surface area contributed by atoms with Crippen molar-refractivity contribution in [2.24, 2.45) is 0 Å². The minimum absolute atomic E-state index is 0.181. The zero-order valence-corrected chi connectivity index (χ0v) is 66.2. The third-order valence-electron chi connectivity index (χ3n) is 26.2. The van der Waals surface area contributed by atoms with Crippen LogP contribution in [-0.2, 0) is 19.4 Å². The van der Waals surface area contributed by atoms with E-state index in [1.807, 2.05) is 0 Å². The van der Waals surface area contributed by atoms with Gasteiger partial charge >= 0.3 is 0 Å². The van der Waals surface area contributed by atoms with Gasteiger partial charge in [0, 0.05) is 80.6 Å². The molecule has 0 amide bonds. The Morgan fingerprint density at radius 2 is 0.592 bits per heavy atom. The summed E-state index contributed by atoms with van der Waals surface area (Å²) in [6, 6.07) is 158. The van der Waals surface area contributed by atoms with Gasteiger partial charge in [0.25, 0.3) is 6.71 Å². The van der Waals surface area contributed by atoms with Crippen molar-refractivity contribution in [3.8, 4) is 83.6 Å². The maximum absolute atomic E-state index is 2.79. The fourth-order valence-electron chi connectivity index (χ4n) is 21.0. The van der Waals surface area contributed by atoms with Crippen molar-refractivity contribution in [3.63, 3.8) is 0 Å². The van der Waals surface area contributed by atoms with E-state index in [-0.39, 0.29) is 6.71 Å². The number of hydrogen-bond acceptors (Lipinski definition) is 2. The van der Waals surface area contributed by atoms with Crippen molar-refractivity contribution in [1.82, 2.24) is 9.13 Å². The molecule has 22 aromatic rings. The molecule has 562 valence electrons. The smallest absolute Gasteiger partial charge is 0.252 e. The largest absolute Gasteiger partial charge is 0.342 e. The molecule has 2 aromatic heterocycles. The molecular formula is C115H79BN4. The SMILES string of the molecule is c1ccc(-c2cc(-c3ccccc3)c(CCN3c4cc(-c5ccc6c7cccc8cccc(c9cccc5c96)c87)ccc4B4c5ccc(-n6c7ccccc7c7ccccc76)cc5N(CCc5c(-c6ccccc6)cc(-c6ccccc6)cc5-c5ccccc5)c5cc(Cn6c7ccccc7c7ccccc76)cc3c54)c(-c3ccccc3)c2)cc1. The summed E-state index contributed by atoms with van der Waals surface area (Å²) < 4.78 is 5.11. The summed E-state index contributed by atoms with van der Waals surface area (Å²) >= 11 is 0. The Labute approximate surface area is 698 Å². The zero-order chi connectivity index (χ0) is 78.9. The van der Waals surface area contributed by atoms with Crippen LogP contribution in [0.5, 0.6) is 0 Å². The molecule has 0 saturated carbocycles. The molecule has 4 nitrogen and oxygen atoms in total.